The van der Waals surface area contributed by atoms with Gasteiger partial charge in [-0.25, -0.2) is 0 Å². The van der Waals surface area contributed by atoms with Gasteiger partial charge in [-0.1, -0.05) is 30.3 Å². The molecule has 152 valence electrons. The number of methoxy groups -OCH3 is 1. The molecule has 2 aromatic carbocycles. The summed E-state index contributed by atoms with van der Waals surface area (Å²) in [7, 11) is 1.53. The summed E-state index contributed by atoms with van der Waals surface area (Å²) in [5, 5.41) is 11.2. The zero-order chi connectivity index (χ0) is 20.8. The summed E-state index contributed by atoms with van der Waals surface area (Å²) in [5.41, 5.74) is -0.0482. The Morgan fingerprint density at radius 3 is 2.03 bits per heavy atom. The number of benzene rings is 2. The molecule has 0 spiro atoms. The first-order valence-corrected chi connectivity index (χ1v) is 9.14. The first-order chi connectivity index (χ1) is 14.0. The van der Waals surface area contributed by atoms with Gasteiger partial charge in [-0.3, -0.25) is 9.59 Å². The quantitative estimate of drug-likeness (QED) is 0.701. The van der Waals surface area contributed by atoms with Crippen LogP contribution in [0.25, 0.3) is 0 Å². The van der Waals surface area contributed by atoms with E-state index in [9.17, 15) is 19.5 Å². The average Bonchev–Trinajstić information content (AvgIpc) is 2.77. The predicted molar refractivity (Wildman–Crippen MR) is 102 cm³/mol. The SMILES string of the molecule is COc1ccccc1OCC(=O)N1CCN(C(=O)c2ccccc2C(=O)[O-])CC1. The van der Waals surface area contributed by atoms with E-state index >= 15 is 0 Å². The molecule has 0 aromatic heterocycles. The maximum Gasteiger partial charge on any atom is 0.260 e. The molecule has 0 bridgehead atoms. The van der Waals surface area contributed by atoms with Crippen LogP contribution in [0.1, 0.15) is 20.7 Å². The second-order valence-corrected chi connectivity index (χ2v) is 6.45. The number of hydrogen-bond acceptors (Lipinski definition) is 6. The van der Waals surface area contributed by atoms with Gasteiger partial charge in [0.1, 0.15) is 0 Å². The topological polar surface area (TPSA) is 99.2 Å². The third kappa shape index (κ3) is 4.66. The van der Waals surface area contributed by atoms with Gasteiger partial charge in [-0.05, 0) is 18.2 Å². The lowest BCUT2D eigenvalue weighted by molar-refractivity contribution is -0.255. The maximum atomic E-state index is 12.7. The molecule has 1 heterocycles. The fourth-order valence-corrected chi connectivity index (χ4v) is 3.15. The lowest BCUT2D eigenvalue weighted by Gasteiger charge is -2.35. The Hall–Kier alpha value is -3.55. The second-order valence-electron chi connectivity index (χ2n) is 6.45. The molecule has 8 heteroatoms. The van der Waals surface area contributed by atoms with Crippen LogP contribution in [0.2, 0.25) is 0 Å². The summed E-state index contributed by atoms with van der Waals surface area (Å²) in [6, 6.07) is 13.0. The molecule has 0 unspecified atom stereocenters. The average molecular weight is 397 g/mol. The van der Waals surface area contributed by atoms with Gasteiger partial charge in [0.15, 0.2) is 18.1 Å². The molecule has 0 atom stereocenters. The molecule has 0 N–H and O–H groups in total. The Balaban J connectivity index is 1.55. The van der Waals surface area contributed by atoms with Crippen molar-refractivity contribution in [3.05, 3.63) is 59.7 Å². The lowest BCUT2D eigenvalue weighted by Crippen LogP contribution is -2.51. The van der Waals surface area contributed by atoms with Crippen LogP contribution in [0, 0.1) is 0 Å². The van der Waals surface area contributed by atoms with Crippen LogP contribution in [0.4, 0.5) is 0 Å². The largest absolute Gasteiger partial charge is 0.545 e. The fraction of sp³-hybridized carbons (Fsp3) is 0.286. The van der Waals surface area contributed by atoms with Gasteiger partial charge in [0.25, 0.3) is 11.8 Å². The van der Waals surface area contributed by atoms with E-state index in [0.29, 0.717) is 37.7 Å². The number of nitrogens with zero attached hydrogens (tertiary/aromatic N) is 2. The van der Waals surface area contributed by atoms with Gasteiger partial charge in [0.05, 0.1) is 13.1 Å². The van der Waals surface area contributed by atoms with Gasteiger partial charge in [0, 0.05) is 37.3 Å². The van der Waals surface area contributed by atoms with E-state index in [1.807, 2.05) is 6.07 Å². The number of hydrogen-bond donors (Lipinski definition) is 0. The minimum Gasteiger partial charge on any atom is -0.545 e. The second kappa shape index (κ2) is 9.09. The zero-order valence-corrected chi connectivity index (χ0v) is 16.0. The molecular formula is C21H21N2O6-. The number of carbonyl (C=O) groups is 3. The number of carbonyl (C=O) groups excluding carboxylic acids is 3. The first-order valence-electron chi connectivity index (χ1n) is 9.14. The Morgan fingerprint density at radius 1 is 0.862 bits per heavy atom. The minimum absolute atomic E-state index is 0.0896. The predicted octanol–water partition coefficient (Wildman–Crippen LogP) is 0.422. The third-order valence-corrected chi connectivity index (χ3v) is 4.72. The van der Waals surface area contributed by atoms with E-state index in [0.717, 1.165) is 0 Å². The zero-order valence-electron chi connectivity index (χ0n) is 16.0. The van der Waals surface area contributed by atoms with Crippen molar-refractivity contribution in [3.8, 4) is 11.5 Å². The smallest absolute Gasteiger partial charge is 0.260 e. The Kier molecular flexibility index (Phi) is 6.33. The number of aromatic carboxylic acids is 1. The van der Waals surface area contributed by atoms with E-state index in [-0.39, 0.29) is 29.5 Å². The van der Waals surface area contributed by atoms with Crippen molar-refractivity contribution in [2.45, 2.75) is 0 Å². The highest BCUT2D eigenvalue weighted by Crippen LogP contribution is 2.25. The van der Waals surface area contributed by atoms with E-state index in [1.54, 1.807) is 35.2 Å². The van der Waals surface area contributed by atoms with Gasteiger partial charge < -0.3 is 29.2 Å². The molecule has 0 aliphatic carbocycles. The van der Waals surface area contributed by atoms with Crippen LogP contribution < -0.4 is 14.6 Å². The molecule has 3 rings (SSSR count). The number of para-hydroxylation sites is 2. The van der Waals surface area contributed by atoms with Crippen LogP contribution in [0.3, 0.4) is 0 Å². The number of piperazine rings is 1. The standard InChI is InChI=1S/C21H22N2O6/c1-28-17-8-4-5-9-18(17)29-14-19(24)22-10-12-23(13-11-22)20(25)15-6-2-3-7-16(15)21(26)27/h2-9H,10-14H2,1H3,(H,26,27)/p-1. The maximum absolute atomic E-state index is 12.7. The van der Waals surface area contributed by atoms with Crippen LogP contribution in [-0.4, -0.2) is 67.5 Å². The lowest BCUT2D eigenvalue weighted by atomic mass is 10.1. The van der Waals surface area contributed by atoms with Gasteiger partial charge in [-0.2, -0.15) is 0 Å². The van der Waals surface area contributed by atoms with Crippen molar-refractivity contribution in [1.29, 1.82) is 0 Å². The van der Waals surface area contributed by atoms with E-state index < -0.39 is 5.97 Å². The summed E-state index contributed by atoms with van der Waals surface area (Å²) in [6.07, 6.45) is 0. The molecular weight excluding hydrogens is 376 g/mol. The Bertz CT molecular complexity index is 906. The molecule has 1 saturated heterocycles. The first kappa shape index (κ1) is 20.2. The van der Waals surface area contributed by atoms with Gasteiger partial charge in [0.2, 0.25) is 0 Å². The highest BCUT2D eigenvalue weighted by atomic mass is 16.5. The third-order valence-electron chi connectivity index (χ3n) is 4.72. The molecule has 0 radical (unpaired) electrons. The molecule has 2 amide bonds. The van der Waals surface area contributed by atoms with Crippen LogP contribution in [-0.2, 0) is 4.79 Å². The number of ether oxygens (including phenoxy) is 2. The van der Waals surface area contributed by atoms with Crippen molar-refractivity contribution >= 4 is 17.8 Å². The highest BCUT2D eigenvalue weighted by molar-refractivity contribution is 6.04. The number of rotatable bonds is 6. The van der Waals surface area contributed by atoms with Crippen LogP contribution >= 0.6 is 0 Å². The summed E-state index contributed by atoms with van der Waals surface area (Å²) < 4.78 is 10.8. The molecule has 2 aromatic rings. The summed E-state index contributed by atoms with van der Waals surface area (Å²) >= 11 is 0. The van der Waals surface area contributed by atoms with Crippen molar-refractivity contribution < 1.29 is 29.0 Å². The molecule has 0 saturated carbocycles. The van der Waals surface area contributed by atoms with E-state index in [2.05, 4.69) is 0 Å². The summed E-state index contributed by atoms with van der Waals surface area (Å²) in [4.78, 5) is 39.5. The minimum atomic E-state index is -1.39. The van der Waals surface area contributed by atoms with Gasteiger partial charge >= 0.3 is 0 Å². The number of amides is 2. The van der Waals surface area contributed by atoms with Crippen molar-refractivity contribution in [2.75, 3.05) is 39.9 Å². The monoisotopic (exact) mass is 397 g/mol. The molecule has 8 nitrogen and oxygen atoms in total. The van der Waals surface area contributed by atoms with Crippen molar-refractivity contribution in [1.82, 2.24) is 9.80 Å². The van der Waals surface area contributed by atoms with E-state index in [4.69, 9.17) is 9.47 Å². The molecule has 29 heavy (non-hydrogen) atoms. The Morgan fingerprint density at radius 2 is 1.41 bits per heavy atom. The van der Waals surface area contributed by atoms with Crippen LogP contribution in [0.5, 0.6) is 11.5 Å². The summed E-state index contributed by atoms with van der Waals surface area (Å²) in [5.74, 6) is -0.949. The number of carboxylic acids is 1. The molecule has 1 aliphatic heterocycles. The van der Waals surface area contributed by atoms with Crippen molar-refractivity contribution in [3.63, 3.8) is 0 Å². The van der Waals surface area contributed by atoms with Gasteiger partial charge in [-0.15, -0.1) is 0 Å². The summed E-state index contributed by atoms with van der Waals surface area (Å²) in [6.45, 7) is 1.16. The highest BCUT2D eigenvalue weighted by Gasteiger charge is 2.26. The normalized spacial score (nSPS) is 13.7. The molecule has 1 aliphatic rings. The molecule has 1 fully saturated rings. The van der Waals surface area contributed by atoms with Crippen LogP contribution in [0.15, 0.2) is 48.5 Å². The Labute approximate surface area is 168 Å². The van der Waals surface area contributed by atoms with Crippen molar-refractivity contribution in [2.24, 2.45) is 0 Å². The van der Waals surface area contributed by atoms with E-state index in [1.165, 1.54) is 24.1 Å². The number of carboxylic acid groups (broad SMARTS) is 1. The fourth-order valence-electron chi connectivity index (χ4n) is 3.15.